The fourth-order valence-electron chi connectivity index (χ4n) is 3.55. The molecule has 140 valence electrons. The SMILES string of the molecule is CCN1CCC2(CC1)OC(=O)C(C)=C2C(=O)Nc1c(F)cc(F)cc1Br. The summed E-state index contributed by atoms with van der Waals surface area (Å²) in [6, 6.07) is 1.75. The Morgan fingerprint density at radius 1 is 1.35 bits per heavy atom. The first-order valence-electron chi connectivity index (χ1n) is 8.40. The van der Waals surface area contributed by atoms with E-state index in [4.69, 9.17) is 4.74 Å². The fourth-order valence-corrected chi connectivity index (χ4v) is 4.05. The Kier molecular flexibility index (Phi) is 5.16. The fraction of sp³-hybridized carbons (Fsp3) is 0.444. The van der Waals surface area contributed by atoms with Crippen molar-refractivity contribution in [1.29, 1.82) is 0 Å². The molecule has 2 aliphatic rings. The number of nitrogens with zero attached hydrogens (tertiary/aromatic N) is 1. The van der Waals surface area contributed by atoms with Gasteiger partial charge in [0.15, 0.2) is 5.82 Å². The van der Waals surface area contributed by atoms with E-state index in [9.17, 15) is 18.4 Å². The Morgan fingerprint density at radius 3 is 2.58 bits per heavy atom. The standard InChI is InChI=1S/C18H19BrF2N2O3/c1-3-23-6-4-18(5-7-23)14(10(2)17(25)26-18)16(24)22-15-12(19)8-11(20)9-13(15)21/h8-9H,3-7H2,1-2H3,(H,22,24). The lowest BCUT2D eigenvalue weighted by atomic mass is 9.82. The third-order valence-corrected chi connectivity index (χ3v) is 5.63. The maximum Gasteiger partial charge on any atom is 0.335 e. The van der Waals surface area contributed by atoms with Crippen molar-refractivity contribution in [2.75, 3.05) is 25.0 Å². The van der Waals surface area contributed by atoms with Gasteiger partial charge in [0.25, 0.3) is 5.91 Å². The molecule has 1 spiro atoms. The Hall–Kier alpha value is -1.80. The third-order valence-electron chi connectivity index (χ3n) is 5.01. The summed E-state index contributed by atoms with van der Waals surface area (Å²) >= 11 is 3.05. The van der Waals surface area contributed by atoms with Gasteiger partial charge in [0, 0.05) is 42.0 Å². The van der Waals surface area contributed by atoms with Crippen LogP contribution in [0.4, 0.5) is 14.5 Å². The first-order chi connectivity index (χ1) is 12.3. The number of halogens is 3. The molecule has 5 nitrogen and oxygen atoms in total. The molecule has 3 rings (SSSR count). The Morgan fingerprint density at radius 2 is 2.00 bits per heavy atom. The summed E-state index contributed by atoms with van der Waals surface area (Å²) in [7, 11) is 0. The monoisotopic (exact) mass is 428 g/mol. The molecule has 0 atom stereocenters. The van der Waals surface area contributed by atoms with E-state index in [0.717, 1.165) is 12.6 Å². The quantitative estimate of drug-likeness (QED) is 0.749. The molecule has 2 heterocycles. The predicted octanol–water partition coefficient (Wildman–Crippen LogP) is 3.39. The van der Waals surface area contributed by atoms with Crippen LogP contribution in [-0.4, -0.2) is 42.0 Å². The number of piperidine rings is 1. The van der Waals surface area contributed by atoms with Crippen LogP contribution in [0.15, 0.2) is 27.8 Å². The summed E-state index contributed by atoms with van der Waals surface area (Å²) in [5, 5.41) is 2.46. The van der Waals surface area contributed by atoms with Crippen molar-refractivity contribution >= 4 is 33.5 Å². The number of amides is 1. The summed E-state index contributed by atoms with van der Waals surface area (Å²) < 4.78 is 33.0. The van der Waals surface area contributed by atoms with Crippen molar-refractivity contribution in [2.45, 2.75) is 32.3 Å². The highest BCUT2D eigenvalue weighted by Gasteiger charge is 2.50. The molecule has 0 unspecified atom stereocenters. The number of esters is 1. The molecule has 1 saturated heterocycles. The number of carbonyl (C=O) groups is 2. The topological polar surface area (TPSA) is 58.6 Å². The average molecular weight is 429 g/mol. The van der Waals surface area contributed by atoms with Gasteiger partial charge in [0.05, 0.1) is 11.3 Å². The van der Waals surface area contributed by atoms with Crippen LogP contribution in [0.3, 0.4) is 0 Å². The van der Waals surface area contributed by atoms with Crippen molar-refractivity contribution in [3.63, 3.8) is 0 Å². The number of anilines is 1. The summed E-state index contributed by atoms with van der Waals surface area (Å²) in [6.45, 7) is 5.85. The largest absolute Gasteiger partial charge is 0.450 e. The van der Waals surface area contributed by atoms with Gasteiger partial charge in [-0.15, -0.1) is 0 Å². The molecule has 0 saturated carbocycles. The minimum Gasteiger partial charge on any atom is -0.450 e. The molecule has 0 bridgehead atoms. The number of carbonyl (C=O) groups excluding carboxylic acids is 2. The summed E-state index contributed by atoms with van der Waals surface area (Å²) in [6.07, 6.45) is 0.999. The Bertz CT molecular complexity index is 779. The van der Waals surface area contributed by atoms with Gasteiger partial charge in [-0.1, -0.05) is 6.92 Å². The van der Waals surface area contributed by atoms with Gasteiger partial charge >= 0.3 is 5.97 Å². The molecular formula is C18H19BrF2N2O3. The zero-order valence-electron chi connectivity index (χ0n) is 14.5. The van der Waals surface area contributed by atoms with Crippen LogP contribution in [0.5, 0.6) is 0 Å². The lowest BCUT2D eigenvalue weighted by Crippen LogP contribution is -2.47. The first kappa shape index (κ1) is 19.0. The molecule has 1 amide bonds. The number of ether oxygens (including phenoxy) is 1. The van der Waals surface area contributed by atoms with Crippen LogP contribution in [0.1, 0.15) is 26.7 Å². The summed E-state index contributed by atoms with van der Waals surface area (Å²) in [4.78, 5) is 27.2. The van der Waals surface area contributed by atoms with Crippen LogP contribution in [0, 0.1) is 11.6 Å². The minimum absolute atomic E-state index is 0.0849. The van der Waals surface area contributed by atoms with E-state index < -0.39 is 29.1 Å². The van der Waals surface area contributed by atoms with Crippen molar-refractivity contribution in [3.8, 4) is 0 Å². The van der Waals surface area contributed by atoms with E-state index in [2.05, 4.69) is 26.1 Å². The first-order valence-corrected chi connectivity index (χ1v) is 9.19. The van der Waals surface area contributed by atoms with E-state index in [1.165, 1.54) is 6.92 Å². The highest BCUT2D eigenvalue weighted by Crippen LogP contribution is 2.41. The molecule has 0 aliphatic carbocycles. The van der Waals surface area contributed by atoms with Gasteiger partial charge in [-0.3, -0.25) is 4.79 Å². The number of likely N-dealkylation sites (tertiary alicyclic amines) is 1. The second-order valence-electron chi connectivity index (χ2n) is 6.52. The number of hydrogen-bond donors (Lipinski definition) is 1. The number of hydrogen-bond acceptors (Lipinski definition) is 4. The van der Waals surface area contributed by atoms with E-state index in [0.29, 0.717) is 32.0 Å². The van der Waals surface area contributed by atoms with Crippen LogP contribution < -0.4 is 5.32 Å². The normalized spacial score (nSPS) is 19.8. The highest BCUT2D eigenvalue weighted by atomic mass is 79.9. The van der Waals surface area contributed by atoms with Gasteiger partial charge in [0.1, 0.15) is 11.4 Å². The molecule has 1 aromatic rings. The van der Waals surface area contributed by atoms with Crippen LogP contribution in [-0.2, 0) is 14.3 Å². The molecule has 26 heavy (non-hydrogen) atoms. The van der Waals surface area contributed by atoms with Gasteiger partial charge in [-0.2, -0.15) is 0 Å². The second-order valence-corrected chi connectivity index (χ2v) is 7.37. The Labute approximate surface area is 158 Å². The highest BCUT2D eigenvalue weighted by molar-refractivity contribution is 9.10. The van der Waals surface area contributed by atoms with Crippen LogP contribution >= 0.6 is 15.9 Å². The van der Waals surface area contributed by atoms with Crippen LogP contribution in [0.25, 0.3) is 0 Å². The Balaban J connectivity index is 1.91. The third kappa shape index (κ3) is 3.27. The number of benzene rings is 1. The number of nitrogens with one attached hydrogen (secondary N) is 1. The lowest BCUT2D eigenvalue weighted by Gasteiger charge is -2.39. The van der Waals surface area contributed by atoms with Gasteiger partial charge in [-0.25, -0.2) is 13.6 Å². The van der Waals surface area contributed by atoms with Gasteiger partial charge < -0.3 is 15.0 Å². The van der Waals surface area contributed by atoms with Crippen molar-refractivity contribution < 1.29 is 23.1 Å². The van der Waals surface area contributed by atoms with Crippen molar-refractivity contribution in [3.05, 3.63) is 39.4 Å². The molecule has 1 aromatic carbocycles. The average Bonchev–Trinajstić information content (AvgIpc) is 2.82. The molecule has 1 fully saturated rings. The van der Waals surface area contributed by atoms with Gasteiger partial charge in [0.2, 0.25) is 0 Å². The van der Waals surface area contributed by atoms with Gasteiger partial charge in [-0.05, 0) is 35.5 Å². The summed E-state index contributed by atoms with van der Waals surface area (Å²) in [5.41, 5.74) is -0.697. The second kappa shape index (κ2) is 7.08. The lowest BCUT2D eigenvalue weighted by molar-refractivity contribution is -0.150. The van der Waals surface area contributed by atoms with Crippen molar-refractivity contribution in [2.24, 2.45) is 0 Å². The number of rotatable bonds is 3. The summed E-state index contributed by atoms with van der Waals surface area (Å²) in [5.74, 6) is -2.79. The smallest absolute Gasteiger partial charge is 0.335 e. The maximum atomic E-state index is 14.1. The van der Waals surface area contributed by atoms with Crippen LogP contribution in [0.2, 0.25) is 0 Å². The molecule has 0 aromatic heterocycles. The molecule has 2 aliphatic heterocycles. The molecular weight excluding hydrogens is 410 g/mol. The van der Waals surface area contributed by atoms with E-state index in [1.807, 2.05) is 6.92 Å². The molecule has 1 N–H and O–H groups in total. The van der Waals surface area contributed by atoms with E-state index in [1.54, 1.807) is 0 Å². The zero-order chi connectivity index (χ0) is 19.1. The van der Waals surface area contributed by atoms with E-state index in [-0.39, 0.29) is 21.3 Å². The predicted molar refractivity (Wildman–Crippen MR) is 95.6 cm³/mol. The minimum atomic E-state index is -0.986. The maximum absolute atomic E-state index is 14.1. The van der Waals surface area contributed by atoms with Crippen molar-refractivity contribution in [1.82, 2.24) is 4.90 Å². The molecule has 0 radical (unpaired) electrons. The molecule has 8 heteroatoms. The zero-order valence-corrected chi connectivity index (χ0v) is 16.1. The van der Waals surface area contributed by atoms with E-state index >= 15 is 0 Å².